The Kier molecular flexibility index (Phi) is 8.16. The number of nitrogens with one attached hydrogen (secondary N) is 1. The summed E-state index contributed by atoms with van der Waals surface area (Å²) in [4.78, 5) is 10.0. The van der Waals surface area contributed by atoms with E-state index in [0.717, 1.165) is 56.0 Å². The predicted molar refractivity (Wildman–Crippen MR) is 179 cm³/mol. The van der Waals surface area contributed by atoms with E-state index in [1.54, 1.807) is 12.1 Å². The Hall–Kier alpha value is -5.62. The second kappa shape index (κ2) is 12.3. The van der Waals surface area contributed by atoms with Gasteiger partial charge in [0, 0.05) is 57.6 Å². The largest absolute Gasteiger partial charge is 0.399 e. The molecule has 7 N–H and O–H groups in total. The van der Waals surface area contributed by atoms with Gasteiger partial charge in [0.2, 0.25) is 0 Å². The van der Waals surface area contributed by atoms with Crippen molar-refractivity contribution in [3.63, 3.8) is 0 Å². The van der Waals surface area contributed by atoms with Gasteiger partial charge < -0.3 is 22.5 Å². The summed E-state index contributed by atoms with van der Waals surface area (Å²) >= 11 is 0. The number of nitrogen functional groups attached to an aromatic ring is 3. The summed E-state index contributed by atoms with van der Waals surface area (Å²) in [6.07, 6.45) is 5.80. The molecule has 0 aliphatic heterocycles. The third-order valence-electron chi connectivity index (χ3n) is 7.04. The van der Waals surface area contributed by atoms with Crippen LogP contribution in [0.1, 0.15) is 18.2 Å². The van der Waals surface area contributed by atoms with Gasteiger partial charge in [-0.1, -0.05) is 67.3 Å². The molecular formula is C36H34N6. The molecule has 0 atom stereocenters. The van der Waals surface area contributed by atoms with Gasteiger partial charge in [-0.05, 0) is 72.7 Å². The number of hydrogen-bond donors (Lipinski definition) is 4. The molecule has 6 heteroatoms. The minimum absolute atomic E-state index is 0.620. The van der Waals surface area contributed by atoms with Gasteiger partial charge >= 0.3 is 0 Å². The molecule has 0 aliphatic carbocycles. The summed E-state index contributed by atoms with van der Waals surface area (Å²) in [7, 11) is 1.89. The van der Waals surface area contributed by atoms with E-state index in [1.165, 1.54) is 0 Å². The van der Waals surface area contributed by atoms with Gasteiger partial charge in [0.25, 0.3) is 0 Å². The van der Waals surface area contributed by atoms with Crippen LogP contribution in [-0.4, -0.2) is 17.0 Å². The van der Waals surface area contributed by atoms with Crippen molar-refractivity contribution in [2.24, 2.45) is 0 Å². The number of anilines is 4. The summed E-state index contributed by atoms with van der Waals surface area (Å²) < 4.78 is 0. The van der Waals surface area contributed by atoms with Crippen molar-refractivity contribution in [3.8, 4) is 33.8 Å². The van der Waals surface area contributed by atoms with Gasteiger partial charge in [-0.3, -0.25) is 0 Å². The third kappa shape index (κ3) is 6.08. The number of rotatable bonds is 8. The Morgan fingerprint density at radius 2 is 1.50 bits per heavy atom. The molecule has 1 heterocycles. The Morgan fingerprint density at radius 3 is 2.26 bits per heavy atom. The lowest BCUT2D eigenvalue weighted by Gasteiger charge is -2.13. The molecule has 0 aliphatic rings. The minimum atomic E-state index is 0.620. The number of nitrogens with two attached hydrogens (primary N) is 3. The van der Waals surface area contributed by atoms with Crippen LogP contribution >= 0.6 is 0 Å². The second-order valence-corrected chi connectivity index (χ2v) is 9.99. The van der Waals surface area contributed by atoms with Gasteiger partial charge in [0.05, 0.1) is 11.4 Å². The molecule has 5 rings (SSSR count). The number of hydrogen-bond acceptors (Lipinski definition) is 6. The average molecular weight is 551 g/mol. The maximum Gasteiger partial charge on any atom is 0.160 e. The van der Waals surface area contributed by atoms with Crippen LogP contribution in [0.5, 0.6) is 0 Å². The molecular weight excluding hydrogens is 516 g/mol. The van der Waals surface area contributed by atoms with Crippen LogP contribution in [0, 0.1) is 0 Å². The molecule has 0 radical (unpaired) electrons. The van der Waals surface area contributed by atoms with Crippen molar-refractivity contribution in [2.75, 3.05) is 29.6 Å². The van der Waals surface area contributed by atoms with Gasteiger partial charge in [-0.25, -0.2) is 9.97 Å². The molecule has 0 unspecified atom stereocenters. The highest BCUT2D eigenvalue weighted by Gasteiger charge is 2.14. The molecule has 0 saturated heterocycles. The summed E-state index contributed by atoms with van der Waals surface area (Å²) in [5.41, 5.74) is 29.8. The van der Waals surface area contributed by atoms with E-state index < -0.39 is 0 Å². The van der Waals surface area contributed by atoms with Crippen LogP contribution in [0.3, 0.4) is 0 Å². The van der Waals surface area contributed by atoms with Crippen LogP contribution < -0.4 is 22.5 Å². The zero-order chi connectivity index (χ0) is 29.6. The zero-order valence-electron chi connectivity index (χ0n) is 23.8. The fourth-order valence-electron chi connectivity index (χ4n) is 4.83. The first-order chi connectivity index (χ1) is 20.4. The Labute approximate surface area is 247 Å². The van der Waals surface area contributed by atoms with Crippen molar-refractivity contribution < 1.29 is 0 Å². The van der Waals surface area contributed by atoms with Gasteiger partial charge in [-0.2, -0.15) is 0 Å². The Balaban J connectivity index is 1.67. The van der Waals surface area contributed by atoms with Crippen molar-refractivity contribution in [1.29, 1.82) is 0 Å². The second-order valence-electron chi connectivity index (χ2n) is 9.99. The van der Waals surface area contributed by atoms with Crippen LogP contribution in [0.15, 0.2) is 122 Å². The molecule has 5 aromatic rings. The van der Waals surface area contributed by atoms with E-state index in [2.05, 4.69) is 24.0 Å². The van der Waals surface area contributed by atoms with Gasteiger partial charge in [0.1, 0.15) is 0 Å². The van der Waals surface area contributed by atoms with Crippen molar-refractivity contribution >= 4 is 33.9 Å². The summed E-state index contributed by atoms with van der Waals surface area (Å²) in [6, 6.07) is 31.5. The smallest absolute Gasteiger partial charge is 0.160 e. The zero-order valence-corrected chi connectivity index (χ0v) is 23.8. The van der Waals surface area contributed by atoms with E-state index in [9.17, 15) is 0 Å². The Morgan fingerprint density at radius 1 is 0.762 bits per heavy atom. The summed E-state index contributed by atoms with van der Waals surface area (Å²) in [5.74, 6) is 0.620. The molecule has 6 nitrogen and oxygen atoms in total. The highest BCUT2D eigenvalue weighted by atomic mass is 14.9. The quantitative estimate of drug-likeness (QED) is 0.115. The standard InChI is InChI=1S/C36H34N6/c1-4-9-26(18-23(2)30-21-29(40-3)15-17-32(30)38)34-22-35(42-36(41-34)24-10-6-5-7-11-24)27-13-8-12-25(19-27)31-20-28(37)14-16-33(31)39/h4-22,40H,1,37-39H2,2-3H3/b23-18+,26-9+. The molecule has 0 spiro atoms. The topological polar surface area (TPSA) is 116 Å². The first-order valence-corrected chi connectivity index (χ1v) is 13.7. The molecule has 0 saturated carbocycles. The normalized spacial score (nSPS) is 11.8. The number of nitrogens with zero attached hydrogens (tertiary/aromatic N) is 2. The van der Waals surface area contributed by atoms with Crippen molar-refractivity contribution in [3.05, 3.63) is 133 Å². The molecule has 1 aromatic heterocycles. The summed E-state index contributed by atoms with van der Waals surface area (Å²) in [6.45, 7) is 6.01. The molecule has 42 heavy (non-hydrogen) atoms. The van der Waals surface area contributed by atoms with E-state index in [4.69, 9.17) is 27.2 Å². The monoisotopic (exact) mass is 550 g/mol. The fraction of sp³-hybridized carbons (Fsp3) is 0.0556. The van der Waals surface area contributed by atoms with Gasteiger partial charge in [0.15, 0.2) is 5.82 Å². The molecule has 0 amide bonds. The lowest BCUT2D eigenvalue weighted by molar-refractivity contribution is 1.16. The maximum atomic E-state index is 6.37. The summed E-state index contributed by atoms with van der Waals surface area (Å²) in [5, 5.41) is 3.18. The molecule has 0 bridgehead atoms. The highest BCUT2D eigenvalue weighted by molar-refractivity contribution is 5.88. The predicted octanol–water partition coefficient (Wildman–Crippen LogP) is 7.94. The van der Waals surface area contributed by atoms with E-state index in [-0.39, 0.29) is 0 Å². The SMILES string of the molecule is C=C/C=C(\C=C(/C)c1cc(NC)ccc1N)c1cc(-c2cccc(-c3cc(N)ccc3N)c2)nc(-c2ccccc2)n1. The van der Waals surface area contributed by atoms with Crippen LogP contribution in [0.25, 0.3) is 44.9 Å². The van der Waals surface area contributed by atoms with E-state index in [0.29, 0.717) is 22.9 Å². The average Bonchev–Trinajstić information content (AvgIpc) is 3.02. The minimum Gasteiger partial charge on any atom is -0.399 e. The van der Waals surface area contributed by atoms with Crippen LogP contribution in [0.4, 0.5) is 22.7 Å². The lowest BCUT2D eigenvalue weighted by Crippen LogP contribution is -1.99. The van der Waals surface area contributed by atoms with Crippen LogP contribution in [-0.2, 0) is 0 Å². The number of allylic oxidation sites excluding steroid dienone is 5. The van der Waals surface area contributed by atoms with Crippen LogP contribution in [0.2, 0.25) is 0 Å². The van der Waals surface area contributed by atoms with Crippen molar-refractivity contribution in [1.82, 2.24) is 9.97 Å². The third-order valence-corrected chi connectivity index (χ3v) is 7.04. The van der Waals surface area contributed by atoms with Gasteiger partial charge in [-0.15, -0.1) is 0 Å². The van der Waals surface area contributed by atoms with E-state index >= 15 is 0 Å². The highest BCUT2D eigenvalue weighted by Crippen LogP contribution is 2.33. The molecule has 0 fully saturated rings. The Bertz CT molecular complexity index is 1820. The first-order valence-electron chi connectivity index (χ1n) is 13.7. The maximum absolute atomic E-state index is 6.37. The lowest BCUT2D eigenvalue weighted by atomic mass is 9.98. The van der Waals surface area contributed by atoms with E-state index in [1.807, 2.05) is 105 Å². The number of benzene rings is 4. The fourth-order valence-corrected chi connectivity index (χ4v) is 4.83. The molecule has 208 valence electrons. The van der Waals surface area contributed by atoms with Crippen molar-refractivity contribution in [2.45, 2.75) is 6.92 Å². The molecule has 4 aromatic carbocycles. The number of aromatic nitrogens is 2. The first kappa shape index (κ1) is 27.9.